The van der Waals surface area contributed by atoms with Crippen molar-refractivity contribution in [2.45, 2.75) is 63.4 Å². The van der Waals surface area contributed by atoms with E-state index in [0.29, 0.717) is 12.3 Å². The van der Waals surface area contributed by atoms with E-state index in [-0.39, 0.29) is 17.9 Å². The summed E-state index contributed by atoms with van der Waals surface area (Å²) in [5, 5.41) is 3.18. The van der Waals surface area contributed by atoms with Gasteiger partial charge in [0.2, 0.25) is 11.8 Å². The second-order valence-corrected chi connectivity index (χ2v) is 9.35. The maximum absolute atomic E-state index is 13.2. The Morgan fingerprint density at radius 2 is 1.72 bits per heavy atom. The number of hydrogen-bond acceptors (Lipinski definition) is 4. The fourth-order valence-electron chi connectivity index (χ4n) is 3.99. The van der Waals surface area contributed by atoms with Gasteiger partial charge in [0.25, 0.3) is 0 Å². The van der Waals surface area contributed by atoms with Crippen LogP contribution in [0.3, 0.4) is 0 Å². The molecule has 1 aliphatic carbocycles. The molecule has 0 spiro atoms. The van der Waals surface area contributed by atoms with E-state index in [1.54, 1.807) is 23.8 Å². The molecular weight excluding hydrogens is 420 g/mol. The highest BCUT2D eigenvalue weighted by atomic mass is 32.2. The van der Waals surface area contributed by atoms with Crippen molar-refractivity contribution in [1.82, 2.24) is 10.2 Å². The van der Waals surface area contributed by atoms with E-state index < -0.39 is 6.04 Å². The zero-order chi connectivity index (χ0) is 22.8. The molecule has 2 amide bonds. The van der Waals surface area contributed by atoms with E-state index in [2.05, 4.69) is 17.4 Å². The summed E-state index contributed by atoms with van der Waals surface area (Å²) in [6.07, 6.45) is 5.60. The molecule has 0 aromatic heterocycles. The molecule has 2 aromatic rings. The predicted molar refractivity (Wildman–Crippen MR) is 131 cm³/mol. The summed E-state index contributed by atoms with van der Waals surface area (Å²) in [5.74, 6) is 1.80. The van der Waals surface area contributed by atoms with Crippen LogP contribution in [0.1, 0.15) is 50.2 Å². The third-order valence-corrected chi connectivity index (χ3v) is 6.96. The number of ether oxygens (including phenoxy) is 1. The molecule has 1 saturated carbocycles. The van der Waals surface area contributed by atoms with Crippen LogP contribution in [0.5, 0.6) is 5.75 Å². The standard InChI is InChI=1S/C26H34N2O3S/c1-20(26(30)27-23-11-7-4-8-12-23)28(17-21-13-15-24(31-2)16-14-21)25(29)19-32-18-22-9-5-3-6-10-22/h3,5-6,9-10,13-16,20,23H,4,7-8,11-12,17-19H2,1-2H3,(H,27,30). The lowest BCUT2D eigenvalue weighted by atomic mass is 9.95. The first-order valence-electron chi connectivity index (χ1n) is 11.4. The zero-order valence-corrected chi connectivity index (χ0v) is 19.9. The lowest BCUT2D eigenvalue weighted by molar-refractivity contribution is -0.139. The van der Waals surface area contributed by atoms with Gasteiger partial charge >= 0.3 is 0 Å². The summed E-state index contributed by atoms with van der Waals surface area (Å²) in [7, 11) is 1.63. The Morgan fingerprint density at radius 3 is 2.38 bits per heavy atom. The Labute approximate surface area is 195 Å². The number of carbonyl (C=O) groups is 2. The van der Waals surface area contributed by atoms with Crippen LogP contribution >= 0.6 is 11.8 Å². The van der Waals surface area contributed by atoms with Crippen LogP contribution in [0.4, 0.5) is 0 Å². The first-order valence-corrected chi connectivity index (χ1v) is 12.6. The van der Waals surface area contributed by atoms with Crippen molar-refractivity contribution in [3.05, 3.63) is 65.7 Å². The van der Waals surface area contributed by atoms with Gasteiger partial charge in [0.1, 0.15) is 11.8 Å². The number of rotatable bonds is 10. The third-order valence-electron chi connectivity index (χ3n) is 5.97. The summed E-state index contributed by atoms with van der Waals surface area (Å²) >= 11 is 1.58. The molecule has 3 rings (SSSR count). The number of hydrogen-bond donors (Lipinski definition) is 1. The molecule has 32 heavy (non-hydrogen) atoms. The van der Waals surface area contributed by atoms with E-state index in [1.165, 1.54) is 12.0 Å². The van der Waals surface area contributed by atoms with Crippen LogP contribution in [-0.4, -0.2) is 41.7 Å². The van der Waals surface area contributed by atoms with E-state index in [9.17, 15) is 9.59 Å². The molecule has 0 saturated heterocycles. The number of benzene rings is 2. The molecule has 0 aliphatic heterocycles. The minimum Gasteiger partial charge on any atom is -0.497 e. The van der Waals surface area contributed by atoms with Crippen molar-refractivity contribution in [2.75, 3.05) is 12.9 Å². The van der Waals surface area contributed by atoms with Crippen molar-refractivity contribution < 1.29 is 14.3 Å². The Balaban J connectivity index is 1.65. The Bertz CT molecular complexity index is 851. The van der Waals surface area contributed by atoms with E-state index in [0.717, 1.165) is 42.7 Å². The number of carbonyl (C=O) groups excluding carboxylic acids is 2. The molecule has 2 aromatic carbocycles. The maximum Gasteiger partial charge on any atom is 0.242 e. The van der Waals surface area contributed by atoms with E-state index in [1.807, 2.05) is 49.4 Å². The SMILES string of the molecule is COc1ccc(CN(C(=O)CSCc2ccccc2)C(C)C(=O)NC2CCCCC2)cc1. The van der Waals surface area contributed by atoms with Crippen LogP contribution in [-0.2, 0) is 21.9 Å². The highest BCUT2D eigenvalue weighted by Gasteiger charge is 2.28. The van der Waals surface area contributed by atoms with Crippen LogP contribution in [0.15, 0.2) is 54.6 Å². The second kappa shape index (κ2) is 12.5. The Morgan fingerprint density at radius 1 is 1.03 bits per heavy atom. The van der Waals surface area contributed by atoms with Crippen LogP contribution < -0.4 is 10.1 Å². The van der Waals surface area contributed by atoms with Gasteiger partial charge in [-0.05, 0) is 43.0 Å². The summed E-state index contributed by atoms with van der Waals surface area (Å²) in [5.41, 5.74) is 2.17. The van der Waals surface area contributed by atoms with Gasteiger partial charge in [-0.1, -0.05) is 61.7 Å². The Hall–Kier alpha value is -2.47. The second-order valence-electron chi connectivity index (χ2n) is 8.37. The smallest absolute Gasteiger partial charge is 0.242 e. The number of methoxy groups -OCH3 is 1. The monoisotopic (exact) mass is 454 g/mol. The molecule has 1 unspecified atom stereocenters. The highest BCUT2D eigenvalue weighted by Crippen LogP contribution is 2.20. The van der Waals surface area contributed by atoms with Gasteiger partial charge < -0.3 is 15.0 Å². The van der Waals surface area contributed by atoms with Gasteiger partial charge in [-0.15, -0.1) is 11.8 Å². The zero-order valence-electron chi connectivity index (χ0n) is 19.1. The van der Waals surface area contributed by atoms with Gasteiger partial charge in [-0.25, -0.2) is 0 Å². The average molecular weight is 455 g/mol. The van der Waals surface area contributed by atoms with Crippen molar-refractivity contribution in [3.8, 4) is 5.75 Å². The van der Waals surface area contributed by atoms with Gasteiger partial charge in [-0.3, -0.25) is 9.59 Å². The molecule has 172 valence electrons. The van der Waals surface area contributed by atoms with Gasteiger partial charge in [0.05, 0.1) is 12.9 Å². The molecule has 1 aliphatic rings. The Kier molecular flexibility index (Phi) is 9.47. The molecule has 0 bridgehead atoms. The predicted octanol–water partition coefficient (Wildman–Crippen LogP) is 4.79. The molecule has 5 nitrogen and oxygen atoms in total. The number of amides is 2. The van der Waals surface area contributed by atoms with Crippen molar-refractivity contribution >= 4 is 23.6 Å². The fraction of sp³-hybridized carbons (Fsp3) is 0.462. The quantitative estimate of drug-likeness (QED) is 0.561. The van der Waals surface area contributed by atoms with Crippen molar-refractivity contribution in [3.63, 3.8) is 0 Å². The molecule has 1 N–H and O–H groups in total. The van der Waals surface area contributed by atoms with Crippen LogP contribution in [0, 0.1) is 0 Å². The maximum atomic E-state index is 13.2. The molecule has 1 atom stereocenters. The normalized spacial score (nSPS) is 15.1. The van der Waals surface area contributed by atoms with Crippen LogP contribution in [0.2, 0.25) is 0 Å². The van der Waals surface area contributed by atoms with Crippen molar-refractivity contribution in [1.29, 1.82) is 0 Å². The minimum absolute atomic E-state index is 0.0203. The first-order chi connectivity index (χ1) is 15.6. The van der Waals surface area contributed by atoms with Gasteiger partial charge in [0, 0.05) is 18.3 Å². The van der Waals surface area contributed by atoms with Gasteiger partial charge in [-0.2, -0.15) is 0 Å². The first kappa shape index (κ1) is 24.2. The third kappa shape index (κ3) is 7.30. The van der Waals surface area contributed by atoms with E-state index in [4.69, 9.17) is 4.74 Å². The average Bonchev–Trinajstić information content (AvgIpc) is 2.83. The summed E-state index contributed by atoms with van der Waals surface area (Å²) < 4.78 is 5.24. The van der Waals surface area contributed by atoms with E-state index >= 15 is 0 Å². The summed E-state index contributed by atoms with van der Waals surface area (Å²) in [6.45, 7) is 2.23. The minimum atomic E-state index is -0.524. The van der Waals surface area contributed by atoms with Gasteiger partial charge in [0.15, 0.2) is 0 Å². The van der Waals surface area contributed by atoms with Crippen LogP contribution in [0.25, 0.3) is 0 Å². The fourth-order valence-corrected chi connectivity index (χ4v) is 4.86. The number of nitrogens with one attached hydrogen (secondary N) is 1. The molecule has 1 fully saturated rings. The molecular formula is C26H34N2O3S. The number of nitrogens with zero attached hydrogens (tertiary/aromatic N) is 1. The highest BCUT2D eigenvalue weighted by molar-refractivity contribution is 7.99. The molecule has 6 heteroatoms. The number of thioether (sulfide) groups is 1. The lowest BCUT2D eigenvalue weighted by Gasteiger charge is -2.31. The largest absolute Gasteiger partial charge is 0.497 e. The lowest BCUT2D eigenvalue weighted by Crippen LogP contribution is -2.50. The van der Waals surface area contributed by atoms with Crippen molar-refractivity contribution in [2.24, 2.45) is 0 Å². The molecule has 0 heterocycles. The summed E-state index contributed by atoms with van der Waals surface area (Å²) in [4.78, 5) is 27.9. The topological polar surface area (TPSA) is 58.6 Å². The summed E-state index contributed by atoms with van der Waals surface area (Å²) in [6, 6.07) is 17.5. The molecule has 0 radical (unpaired) electrons.